The molecule has 6 nitrogen and oxygen atoms in total. The molecule has 1 atom stereocenters. The Labute approximate surface area is 158 Å². The number of quaternary nitrogens is 1. The van der Waals surface area contributed by atoms with Crippen molar-refractivity contribution < 1.29 is 29.0 Å². The SMILES string of the molecule is COc1cc2c(c(O)c1OC)CC[NH+]1Cc3c(ccc(OC)c3OC)C=C21. The molecule has 0 radical (unpaired) electrons. The summed E-state index contributed by atoms with van der Waals surface area (Å²) in [6.45, 7) is 1.68. The van der Waals surface area contributed by atoms with Gasteiger partial charge in [0.1, 0.15) is 12.2 Å². The minimum Gasteiger partial charge on any atom is -0.504 e. The van der Waals surface area contributed by atoms with Gasteiger partial charge in [-0.1, -0.05) is 6.07 Å². The van der Waals surface area contributed by atoms with E-state index < -0.39 is 0 Å². The highest BCUT2D eigenvalue weighted by atomic mass is 16.5. The van der Waals surface area contributed by atoms with E-state index in [-0.39, 0.29) is 5.75 Å². The lowest BCUT2D eigenvalue weighted by atomic mass is 9.89. The summed E-state index contributed by atoms with van der Waals surface area (Å²) in [6, 6.07) is 5.94. The van der Waals surface area contributed by atoms with Crippen molar-refractivity contribution >= 4 is 11.8 Å². The van der Waals surface area contributed by atoms with Crippen molar-refractivity contribution in [2.75, 3.05) is 35.0 Å². The topological polar surface area (TPSA) is 61.6 Å². The number of methoxy groups -OCH3 is 4. The molecule has 2 heterocycles. The van der Waals surface area contributed by atoms with Crippen LogP contribution in [0, 0.1) is 0 Å². The Morgan fingerprint density at radius 1 is 0.889 bits per heavy atom. The van der Waals surface area contributed by atoms with E-state index in [0.29, 0.717) is 11.5 Å². The Kier molecular flexibility index (Phi) is 4.36. The smallest absolute Gasteiger partial charge is 0.203 e. The predicted molar refractivity (Wildman–Crippen MR) is 102 cm³/mol. The zero-order valence-electron chi connectivity index (χ0n) is 16.0. The molecule has 1 unspecified atom stereocenters. The summed E-state index contributed by atoms with van der Waals surface area (Å²) in [6.07, 6.45) is 2.93. The Morgan fingerprint density at radius 3 is 2.30 bits per heavy atom. The third-order valence-corrected chi connectivity index (χ3v) is 5.47. The first kappa shape index (κ1) is 17.5. The molecule has 0 amide bonds. The first-order valence-corrected chi connectivity index (χ1v) is 8.90. The lowest BCUT2D eigenvalue weighted by Gasteiger charge is -2.33. The maximum absolute atomic E-state index is 10.7. The molecule has 6 heteroatoms. The van der Waals surface area contributed by atoms with E-state index in [0.717, 1.165) is 59.0 Å². The van der Waals surface area contributed by atoms with Crippen LogP contribution in [0.5, 0.6) is 28.7 Å². The van der Waals surface area contributed by atoms with E-state index in [9.17, 15) is 5.11 Å². The van der Waals surface area contributed by atoms with E-state index in [1.54, 1.807) is 28.4 Å². The fourth-order valence-electron chi connectivity index (χ4n) is 4.16. The molecule has 0 bridgehead atoms. The van der Waals surface area contributed by atoms with Crippen LogP contribution in [0.1, 0.15) is 22.3 Å². The molecular formula is C21H24NO5+. The summed E-state index contributed by atoms with van der Waals surface area (Å²) in [5.41, 5.74) is 5.31. The maximum Gasteiger partial charge on any atom is 0.203 e. The third-order valence-electron chi connectivity index (χ3n) is 5.47. The van der Waals surface area contributed by atoms with Gasteiger partial charge in [-0.05, 0) is 17.7 Å². The first-order chi connectivity index (χ1) is 13.1. The maximum atomic E-state index is 10.7. The zero-order chi connectivity index (χ0) is 19.1. The summed E-state index contributed by atoms with van der Waals surface area (Å²) >= 11 is 0. The van der Waals surface area contributed by atoms with Crippen molar-refractivity contribution in [1.82, 2.24) is 0 Å². The van der Waals surface area contributed by atoms with Crippen LogP contribution in [-0.2, 0) is 13.0 Å². The minimum absolute atomic E-state index is 0.171. The highest BCUT2D eigenvalue weighted by Gasteiger charge is 2.35. The van der Waals surface area contributed by atoms with Crippen LogP contribution in [0.4, 0.5) is 0 Å². The Morgan fingerprint density at radius 2 is 1.63 bits per heavy atom. The van der Waals surface area contributed by atoms with Gasteiger partial charge in [0.05, 0.1) is 40.5 Å². The van der Waals surface area contributed by atoms with E-state index in [1.165, 1.54) is 4.90 Å². The summed E-state index contributed by atoms with van der Waals surface area (Å²) in [5.74, 6) is 2.63. The molecule has 0 aliphatic carbocycles. The first-order valence-electron chi connectivity index (χ1n) is 8.90. The Hall–Kier alpha value is -2.86. The largest absolute Gasteiger partial charge is 0.504 e. The fraction of sp³-hybridized carbons (Fsp3) is 0.333. The molecule has 27 heavy (non-hydrogen) atoms. The van der Waals surface area contributed by atoms with Gasteiger partial charge < -0.3 is 24.1 Å². The van der Waals surface area contributed by atoms with Crippen LogP contribution in [-0.4, -0.2) is 40.1 Å². The average Bonchev–Trinajstić information content (AvgIpc) is 2.70. The Balaban J connectivity index is 1.90. The molecule has 2 aliphatic rings. The minimum atomic E-state index is 0.171. The quantitative estimate of drug-likeness (QED) is 0.861. The number of aromatic hydroxyl groups is 1. The molecule has 2 aromatic rings. The molecule has 142 valence electrons. The lowest BCUT2D eigenvalue weighted by Crippen LogP contribution is -3.09. The third kappa shape index (κ3) is 2.59. The van der Waals surface area contributed by atoms with Crippen molar-refractivity contribution in [3.05, 3.63) is 40.5 Å². The van der Waals surface area contributed by atoms with Gasteiger partial charge in [0.2, 0.25) is 5.75 Å². The van der Waals surface area contributed by atoms with Crippen molar-refractivity contribution in [2.45, 2.75) is 13.0 Å². The number of fused-ring (bicyclic) bond motifs is 4. The molecule has 0 fully saturated rings. The predicted octanol–water partition coefficient (Wildman–Crippen LogP) is 1.88. The van der Waals surface area contributed by atoms with Gasteiger partial charge in [-0.2, -0.15) is 0 Å². The number of hydrogen-bond donors (Lipinski definition) is 2. The van der Waals surface area contributed by atoms with Crippen LogP contribution >= 0.6 is 0 Å². The van der Waals surface area contributed by atoms with Crippen LogP contribution in [0.25, 0.3) is 11.8 Å². The van der Waals surface area contributed by atoms with Gasteiger partial charge in [-0.15, -0.1) is 0 Å². The number of benzene rings is 2. The molecule has 2 aromatic carbocycles. The summed E-state index contributed by atoms with van der Waals surface area (Å²) in [5, 5.41) is 10.7. The van der Waals surface area contributed by atoms with Crippen molar-refractivity contribution in [2.24, 2.45) is 0 Å². The van der Waals surface area contributed by atoms with E-state index in [4.69, 9.17) is 18.9 Å². The monoisotopic (exact) mass is 370 g/mol. The van der Waals surface area contributed by atoms with Crippen LogP contribution in [0.3, 0.4) is 0 Å². The molecule has 4 rings (SSSR count). The molecule has 2 aliphatic heterocycles. The average molecular weight is 370 g/mol. The molecule has 0 spiro atoms. The van der Waals surface area contributed by atoms with Crippen LogP contribution < -0.4 is 23.8 Å². The number of ether oxygens (including phenoxy) is 4. The van der Waals surface area contributed by atoms with Crippen LogP contribution in [0.15, 0.2) is 18.2 Å². The Bertz CT molecular complexity index is 935. The van der Waals surface area contributed by atoms with Crippen molar-refractivity contribution in [1.29, 1.82) is 0 Å². The van der Waals surface area contributed by atoms with Gasteiger partial charge in [0.15, 0.2) is 23.0 Å². The van der Waals surface area contributed by atoms with E-state index >= 15 is 0 Å². The number of hydrogen-bond acceptors (Lipinski definition) is 5. The number of rotatable bonds is 4. The zero-order valence-corrected chi connectivity index (χ0v) is 16.0. The second-order valence-corrected chi connectivity index (χ2v) is 6.69. The standard InChI is InChI=1S/C21H23NO5/c1-24-17-6-5-12-9-16-14-10-18(25-2)21(27-4)19(23)13(14)7-8-22(16)11-15(12)20(17)26-3/h5-6,9-10,23H,7-8,11H2,1-4H3/p+1. The number of nitrogens with one attached hydrogen (secondary N) is 1. The normalized spacial score (nSPS) is 17.2. The molecular weight excluding hydrogens is 346 g/mol. The summed E-state index contributed by atoms with van der Waals surface area (Å²) < 4.78 is 21.9. The summed E-state index contributed by atoms with van der Waals surface area (Å²) in [4.78, 5) is 1.33. The van der Waals surface area contributed by atoms with Gasteiger partial charge >= 0.3 is 0 Å². The van der Waals surface area contributed by atoms with Gasteiger partial charge in [0.25, 0.3) is 0 Å². The second-order valence-electron chi connectivity index (χ2n) is 6.69. The lowest BCUT2D eigenvalue weighted by molar-refractivity contribution is -0.841. The van der Waals surface area contributed by atoms with Gasteiger partial charge in [-0.3, -0.25) is 4.90 Å². The van der Waals surface area contributed by atoms with Crippen molar-refractivity contribution in [3.63, 3.8) is 0 Å². The second kappa shape index (κ2) is 6.70. The molecule has 0 saturated carbocycles. The molecule has 0 aromatic heterocycles. The highest BCUT2D eigenvalue weighted by Crippen LogP contribution is 2.45. The molecule has 2 N–H and O–H groups in total. The van der Waals surface area contributed by atoms with Gasteiger partial charge in [-0.25, -0.2) is 0 Å². The number of phenols is 1. The molecule has 0 saturated heterocycles. The number of phenolic OH excluding ortho intramolecular Hbond substituents is 1. The van der Waals surface area contributed by atoms with Crippen molar-refractivity contribution in [3.8, 4) is 28.7 Å². The highest BCUT2D eigenvalue weighted by molar-refractivity contribution is 5.84. The fourth-order valence-corrected chi connectivity index (χ4v) is 4.16. The van der Waals surface area contributed by atoms with E-state index in [1.807, 2.05) is 12.1 Å². The van der Waals surface area contributed by atoms with E-state index in [2.05, 4.69) is 12.1 Å². The van der Waals surface area contributed by atoms with Crippen LogP contribution in [0.2, 0.25) is 0 Å². The van der Waals surface area contributed by atoms with Gasteiger partial charge in [0, 0.05) is 23.6 Å². The summed E-state index contributed by atoms with van der Waals surface area (Å²) in [7, 11) is 6.45.